The monoisotopic (exact) mass is 272 g/mol. The second kappa shape index (κ2) is 7.03. The van der Waals surface area contributed by atoms with Crippen LogP contribution in [0.25, 0.3) is 0 Å². The van der Waals surface area contributed by atoms with Gasteiger partial charge in [-0.05, 0) is 42.7 Å². The van der Waals surface area contributed by atoms with Gasteiger partial charge in [-0.2, -0.15) is 0 Å². The molecule has 0 aliphatic rings. The van der Waals surface area contributed by atoms with Crippen molar-refractivity contribution in [3.8, 4) is 11.6 Å². The molecule has 0 fully saturated rings. The first-order valence-corrected chi connectivity index (χ1v) is 6.64. The van der Waals surface area contributed by atoms with Crippen LogP contribution in [0.2, 0.25) is 0 Å². The minimum atomic E-state index is 0.488. The van der Waals surface area contributed by atoms with E-state index in [0.29, 0.717) is 12.4 Å². The summed E-state index contributed by atoms with van der Waals surface area (Å²) in [5.41, 5.74) is 8.80. The fraction of sp³-hybridized carbons (Fsp3) is 0.312. The Morgan fingerprint density at radius 1 is 1.15 bits per heavy atom. The number of hydrogen-bond donors (Lipinski definition) is 1. The summed E-state index contributed by atoms with van der Waals surface area (Å²) in [5, 5.41) is 0. The van der Waals surface area contributed by atoms with Gasteiger partial charge in [0.05, 0.1) is 6.61 Å². The minimum Gasteiger partial charge on any atom is -0.439 e. The number of nitrogens with two attached hydrogens (primary N) is 1. The van der Waals surface area contributed by atoms with Crippen molar-refractivity contribution in [2.45, 2.75) is 19.9 Å². The number of pyridine rings is 1. The molecule has 0 unspecified atom stereocenters. The average Bonchev–Trinajstić information content (AvgIpc) is 2.48. The molecule has 4 nitrogen and oxygen atoms in total. The Morgan fingerprint density at radius 3 is 2.50 bits per heavy atom. The van der Waals surface area contributed by atoms with Crippen LogP contribution in [-0.4, -0.2) is 18.7 Å². The fourth-order valence-electron chi connectivity index (χ4n) is 1.89. The predicted molar refractivity (Wildman–Crippen MR) is 79.0 cm³/mol. The molecular formula is C16H20N2O2. The van der Waals surface area contributed by atoms with E-state index in [2.05, 4.69) is 4.98 Å². The summed E-state index contributed by atoms with van der Waals surface area (Å²) in [5.74, 6) is 1.40. The van der Waals surface area contributed by atoms with Crippen LogP contribution in [-0.2, 0) is 17.7 Å². The van der Waals surface area contributed by atoms with E-state index in [4.69, 9.17) is 15.2 Å². The maximum absolute atomic E-state index is 5.78. The van der Waals surface area contributed by atoms with E-state index in [0.717, 1.165) is 29.9 Å². The van der Waals surface area contributed by atoms with Crippen LogP contribution < -0.4 is 10.5 Å². The Kier molecular flexibility index (Phi) is 5.09. The first-order chi connectivity index (χ1) is 9.72. The van der Waals surface area contributed by atoms with Crippen molar-refractivity contribution in [1.82, 2.24) is 4.98 Å². The van der Waals surface area contributed by atoms with Crippen LogP contribution in [0, 0.1) is 6.92 Å². The molecule has 2 N–H and O–H groups in total. The fourth-order valence-corrected chi connectivity index (χ4v) is 1.89. The summed E-state index contributed by atoms with van der Waals surface area (Å²) in [7, 11) is 1.71. The maximum atomic E-state index is 5.78. The van der Waals surface area contributed by atoms with Crippen LogP contribution in [0.5, 0.6) is 11.6 Å². The van der Waals surface area contributed by atoms with Gasteiger partial charge in [0.15, 0.2) is 0 Å². The number of ether oxygens (including phenoxy) is 2. The number of hydrogen-bond acceptors (Lipinski definition) is 4. The van der Waals surface area contributed by atoms with Crippen molar-refractivity contribution in [3.63, 3.8) is 0 Å². The molecule has 20 heavy (non-hydrogen) atoms. The standard InChI is InChI=1S/C16H20N2O2/c1-12-9-14(10-17)11-18-16(12)20-15-5-3-13(4-6-15)7-8-19-2/h3-6,9,11H,7-8,10,17H2,1-2H3. The largest absolute Gasteiger partial charge is 0.439 e. The van der Waals surface area contributed by atoms with E-state index in [1.165, 1.54) is 5.56 Å². The summed E-state index contributed by atoms with van der Waals surface area (Å²) in [6.45, 7) is 3.18. The molecule has 0 saturated heterocycles. The summed E-state index contributed by atoms with van der Waals surface area (Å²) < 4.78 is 10.8. The molecule has 2 rings (SSSR count). The first kappa shape index (κ1) is 14.5. The average molecular weight is 272 g/mol. The topological polar surface area (TPSA) is 57.4 Å². The SMILES string of the molecule is COCCc1ccc(Oc2ncc(CN)cc2C)cc1. The third-order valence-corrected chi connectivity index (χ3v) is 3.06. The van der Waals surface area contributed by atoms with Gasteiger partial charge >= 0.3 is 0 Å². The van der Waals surface area contributed by atoms with Gasteiger partial charge in [-0.25, -0.2) is 4.98 Å². The van der Waals surface area contributed by atoms with Crippen molar-refractivity contribution in [2.75, 3.05) is 13.7 Å². The number of nitrogens with zero attached hydrogens (tertiary/aromatic N) is 1. The molecule has 2 aromatic rings. The molecule has 0 radical (unpaired) electrons. The highest BCUT2D eigenvalue weighted by molar-refractivity contribution is 5.35. The van der Waals surface area contributed by atoms with E-state index < -0.39 is 0 Å². The van der Waals surface area contributed by atoms with Gasteiger partial charge in [-0.3, -0.25) is 0 Å². The number of rotatable bonds is 6. The van der Waals surface area contributed by atoms with Crippen molar-refractivity contribution in [2.24, 2.45) is 5.73 Å². The molecule has 0 spiro atoms. The third-order valence-electron chi connectivity index (χ3n) is 3.06. The number of methoxy groups -OCH3 is 1. The summed E-state index contributed by atoms with van der Waals surface area (Å²) in [6, 6.07) is 9.97. The number of benzene rings is 1. The normalized spacial score (nSPS) is 10.6. The highest BCUT2D eigenvalue weighted by atomic mass is 16.5. The van der Waals surface area contributed by atoms with Crippen molar-refractivity contribution in [1.29, 1.82) is 0 Å². The Bertz CT molecular complexity index is 553. The van der Waals surface area contributed by atoms with Gasteiger partial charge in [-0.1, -0.05) is 12.1 Å². The lowest BCUT2D eigenvalue weighted by molar-refractivity contribution is 0.202. The Balaban J connectivity index is 2.06. The summed E-state index contributed by atoms with van der Waals surface area (Å²) >= 11 is 0. The van der Waals surface area contributed by atoms with Gasteiger partial charge in [0, 0.05) is 25.4 Å². The van der Waals surface area contributed by atoms with Crippen LogP contribution in [0.1, 0.15) is 16.7 Å². The number of aryl methyl sites for hydroxylation is 1. The molecule has 0 amide bonds. The molecule has 1 aromatic heterocycles. The smallest absolute Gasteiger partial charge is 0.222 e. The molecule has 1 heterocycles. The Morgan fingerprint density at radius 2 is 1.90 bits per heavy atom. The molecule has 4 heteroatoms. The van der Waals surface area contributed by atoms with E-state index in [-0.39, 0.29) is 0 Å². The van der Waals surface area contributed by atoms with Crippen LogP contribution in [0.4, 0.5) is 0 Å². The first-order valence-electron chi connectivity index (χ1n) is 6.64. The van der Waals surface area contributed by atoms with E-state index >= 15 is 0 Å². The summed E-state index contributed by atoms with van der Waals surface area (Å²) in [4.78, 5) is 4.29. The lowest BCUT2D eigenvalue weighted by atomic mass is 10.1. The molecule has 1 aromatic carbocycles. The van der Waals surface area contributed by atoms with E-state index in [9.17, 15) is 0 Å². The zero-order valence-corrected chi connectivity index (χ0v) is 11.9. The minimum absolute atomic E-state index is 0.488. The van der Waals surface area contributed by atoms with E-state index in [1.807, 2.05) is 37.3 Å². The Labute approximate surface area is 119 Å². The third kappa shape index (κ3) is 3.79. The lowest BCUT2D eigenvalue weighted by Crippen LogP contribution is -1.99. The molecule has 0 saturated carbocycles. The molecule has 0 aliphatic heterocycles. The van der Waals surface area contributed by atoms with Gasteiger partial charge in [0.1, 0.15) is 5.75 Å². The van der Waals surface area contributed by atoms with Crippen LogP contribution >= 0.6 is 0 Å². The zero-order valence-electron chi connectivity index (χ0n) is 11.9. The molecule has 0 aliphatic carbocycles. The molecule has 0 atom stereocenters. The van der Waals surface area contributed by atoms with E-state index in [1.54, 1.807) is 13.3 Å². The Hall–Kier alpha value is -1.91. The van der Waals surface area contributed by atoms with Gasteiger partial charge in [-0.15, -0.1) is 0 Å². The van der Waals surface area contributed by atoms with Crippen molar-refractivity contribution in [3.05, 3.63) is 53.2 Å². The van der Waals surface area contributed by atoms with Gasteiger partial charge in [0.2, 0.25) is 5.88 Å². The van der Waals surface area contributed by atoms with Crippen LogP contribution in [0.3, 0.4) is 0 Å². The zero-order chi connectivity index (χ0) is 14.4. The van der Waals surface area contributed by atoms with Gasteiger partial charge < -0.3 is 15.2 Å². The van der Waals surface area contributed by atoms with Crippen molar-refractivity contribution >= 4 is 0 Å². The maximum Gasteiger partial charge on any atom is 0.222 e. The lowest BCUT2D eigenvalue weighted by Gasteiger charge is -2.09. The second-order valence-electron chi connectivity index (χ2n) is 4.66. The predicted octanol–water partition coefficient (Wildman–Crippen LogP) is 2.83. The van der Waals surface area contributed by atoms with Gasteiger partial charge in [0.25, 0.3) is 0 Å². The number of aromatic nitrogens is 1. The van der Waals surface area contributed by atoms with Crippen molar-refractivity contribution < 1.29 is 9.47 Å². The molecule has 106 valence electrons. The summed E-state index contributed by atoms with van der Waals surface area (Å²) in [6.07, 6.45) is 2.65. The molecular weight excluding hydrogens is 252 g/mol. The second-order valence-corrected chi connectivity index (χ2v) is 4.66. The molecule has 0 bridgehead atoms. The highest BCUT2D eigenvalue weighted by Gasteiger charge is 2.04. The quantitative estimate of drug-likeness (QED) is 0.878. The highest BCUT2D eigenvalue weighted by Crippen LogP contribution is 2.23. The van der Waals surface area contributed by atoms with Crippen LogP contribution in [0.15, 0.2) is 36.5 Å².